The number of amides is 1. The molecule has 0 heterocycles. The highest BCUT2D eigenvalue weighted by molar-refractivity contribution is 6.30. The fourth-order valence-electron chi connectivity index (χ4n) is 2.17. The summed E-state index contributed by atoms with van der Waals surface area (Å²) in [5.41, 5.74) is 4.61. The molecule has 2 rings (SSSR count). The van der Waals surface area contributed by atoms with Gasteiger partial charge in [0, 0.05) is 18.6 Å². The largest absolute Gasteiger partial charge is 0.341 e. The number of rotatable bonds is 4. The topological polar surface area (TPSA) is 20.3 Å². The smallest absolute Gasteiger partial charge is 0.227 e. The van der Waals surface area contributed by atoms with E-state index in [9.17, 15) is 4.79 Å². The Labute approximate surface area is 131 Å². The van der Waals surface area contributed by atoms with E-state index in [-0.39, 0.29) is 5.91 Å². The summed E-state index contributed by atoms with van der Waals surface area (Å²) < 4.78 is 0. The molecule has 0 unspecified atom stereocenters. The summed E-state index contributed by atoms with van der Waals surface area (Å²) in [4.78, 5) is 14.0. The molecule has 0 aliphatic rings. The first-order valence-corrected chi connectivity index (χ1v) is 7.38. The molecule has 0 aliphatic heterocycles. The number of benzene rings is 2. The van der Waals surface area contributed by atoms with Crippen molar-refractivity contribution < 1.29 is 4.79 Å². The van der Waals surface area contributed by atoms with Gasteiger partial charge in [0.25, 0.3) is 0 Å². The van der Waals surface area contributed by atoms with Crippen LogP contribution in [0.5, 0.6) is 0 Å². The molecule has 0 N–H and O–H groups in total. The molecule has 1 amide bonds. The van der Waals surface area contributed by atoms with Crippen molar-refractivity contribution in [2.75, 3.05) is 7.05 Å². The van der Waals surface area contributed by atoms with Crippen LogP contribution in [0.15, 0.2) is 42.5 Å². The van der Waals surface area contributed by atoms with Crippen LogP contribution < -0.4 is 0 Å². The summed E-state index contributed by atoms with van der Waals surface area (Å²) in [6.07, 6.45) is 0.436. The monoisotopic (exact) mass is 301 g/mol. The van der Waals surface area contributed by atoms with Gasteiger partial charge in [0.05, 0.1) is 6.42 Å². The number of hydrogen-bond acceptors (Lipinski definition) is 1. The number of carbonyl (C=O) groups is 1. The molecule has 0 spiro atoms. The molecule has 2 aromatic rings. The van der Waals surface area contributed by atoms with Crippen LogP contribution in [-0.2, 0) is 17.8 Å². The molecular weight excluding hydrogens is 282 g/mol. The standard InChI is InChI=1S/C18H20ClNO/c1-13-4-5-16(10-14(13)2)11-18(21)20(3)12-15-6-8-17(19)9-7-15/h4-10H,11-12H2,1-3H3. The fourth-order valence-corrected chi connectivity index (χ4v) is 2.30. The maximum Gasteiger partial charge on any atom is 0.227 e. The van der Waals surface area contributed by atoms with Crippen molar-refractivity contribution in [3.63, 3.8) is 0 Å². The van der Waals surface area contributed by atoms with Crippen LogP contribution in [0.3, 0.4) is 0 Å². The number of likely N-dealkylation sites (N-methyl/N-ethyl adjacent to an activating group) is 1. The molecule has 3 heteroatoms. The number of halogens is 1. The van der Waals surface area contributed by atoms with Crippen molar-refractivity contribution in [3.05, 3.63) is 69.7 Å². The maximum absolute atomic E-state index is 12.3. The maximum atomic E-state index is 12.3. The lowest BCUT2D eigenvalue weighted by atomic mass is 10.0. The van der Waals surface area contributed by atoms with Crippen LogP contribution in [0.2, 0.25) is 5.02 Å². The molecule has 0 aliphatic carbocycles. The van der Waals surface area contributed by atoms with E-state index in [1.807, 2.05) is 37.4 Å². The minimum Gasteiger partial charge on any atom is -0.341 e. The molecule has 2 nitrogen and oxygen atoms in total. The van der Waals surface area contributed by atoms with Crippen molar-refractivity contribution >= 4 is 17.5 Å². The van der Waals surface area contributed by atoms with Crippen molar-refractivity contribution in [2.24, 2.45) is 0 Å². The second kappa shape index (κ2) is 6.77. The van der Waals surface area contributed by atoms with Crippen LogP contribution in [0.4, 0.5) is 0 Å². The van der Waals surface area contributed by atoms with Crippen LogP contribution >= 0.6 is 11.6 Å². The van der Waals surface area contributed by atoms with Gasteiger partial charge in [-0.3, -0.25) is 4.79 Å². The Morgan fingerprint density at radius 2 is 1.62 bits per heavy atom. The van der Waals surface area contributed by atoms with E-state index in [4.69, 9.17) is 11.6 Å². The van der Waals surface area contributed by atoms with Crippen LogP contribution in [-0.4, -0.2) is 17.9 Å². The molecular formula is C18H20ClNO. The lowest BCUT2D eigenvalue weighted by Crippen LogP contribution is -2.27. The first-order valence-electron chi connectivity index (χ1n) is 7.00. The summed E-state index contributed by atoms with van der Waals surface area (Å²) in [6.45, 7) is 4.75. The minimum atomic E-state index is 0.119. The summed E-state index contributed by atoms with van der Waals surface area (Å²) >= 11 is 5.87. The number of carbonyl (C=O) groups excluding carboxylic acids is 1. The molecule has 0 saturated heterocycles. The third-order valence-corrected chi connectivity index (χ3v) is 3.94. The van der Waals surface area contributed by atoms with Gasteiger partial charge in [-0.2, -0.15) is 0 Å². The quantitative estimate of drug-likeness (QED) is 0.830. The lowest BCUT2D eigenvalue weighted by Gasteiger charge is -2.17. The van der Waals surface area contributed by atoms with E-state index in [2.05, 4.69) is 26.0 Å². The van der Waals surface area contributed by atoms with Gasteiger partial charge in [-0.25, -0.2) is 0 Å². The molecule has 0 bridgehead atoms. The van der Waals surface area contributed by atoms with Gasteiger partial charge in [-0.15, -0.1) is 0 Å². The van der Waals surface area contributed by atoms with E-state index < -0.39 is 0 Å². The lowest BCUT2D eigenvalue weighted by molar-refractivity contribution is -0.129. The second-order valence-corrected chi connectivity index (χ2v) is 5.91. The van der Waals surface area contributed by atoms with E-state index in [0.717, 1.165) is 11.1 Å². The van der Waals surface area contributed by atoms with Gasteiger partial charge < -0.3 is 4.90 Å². The predicted molar refractivity (Wildman–Crippen MR) is 87.5 cm³/mol. The Hall–Kier alpha value is -1.80. The minimum absolute atomic E-state index is 0.119. The second-order valence-electron chi connectivity index (χ2n) is 5.47. The van der Waals surface area contributed by atoms with Gasteiger partial charge in [0.2, 0.25) is 5.91 Å². The third kappa shape index (κ3) is 4.33. The predicted octanol–water partition coefficient (Wildman–Crippen LogP) is 4.16. The summed E-state index contributed by atoms with van der Waals surface area (Å²) in [6, 6.07) is 13.8. The Bertz CT molecular complexity index is 634. The molecule has 0 radical (unpaired) electrons. The fraction of sp³-hybridized carbons (Fsp3) is 0.278. The molecule has 21 heavy (non-hydrogen) atoms. The van der Waals surface area contributed by atoms with E-state index in [1.54, 1.807) is 4.90 Å². The highest BCUT2D eigenvalue weighted by Crippen LogP contribution is 2.13. The number of hydrogen-bond donors (Lipinski definition) is 0. The van der Waals surface area contributed by atoms with Crippen molar-refractivity contribution in [1.82, 2.24) is 4.90 Å². The zero-order valence-corrected chi connectivity index (χ0v) is 13.4. The van der Waals surface area contributed by atoms with Gasteiger partial charge in [0.1, 0.15) is 0 Å². The normalized spacial score (nSPS) is 10.5. The van der Waals surface area contributed by atoms with Gasteiger partial charge >= 0.3 is 0 Å². The highest BCUT2D eigenvalue weighted by atomic mass is 35.5. The van der Waals surface area contributed by atoms with E-state index >= 15 is 0 Å². The average molecular weight is 302 g/mol. The Morgan fingerprint density at radius 3 is 2.24 bits per heavy atom. The number of nitrogens with zero attached hydrogens (tertiary/aromatic N) is 1. The summed E-state index contributed by atoms with van der Waals surface area (Å²) in [7, 11) is 1.83. The first-order chi connectivity index (χ1) is 9.95. The molecule has 2 aromatic carbocycles. The van der Waals surface area contributed by atoms with Crippen molar-refractivity contribution in [1.29, 1.82) is 0 Å². The SMILES string of the molecule is Cc1ccc(CC(=O)N(C)Cc2ccc(Cl)cc2)cc1C. The summed E-state index contributed by atoms with van der Waals surface area (Å²) in [5, 5.41) is 0.711. The molecule has 0 atom stereocenters. The molecule has 0 fully saturated rings. The highest BCUT2D eigenvalue weighted by Gasteiger charge is 2.10. The van der Waals surface area contributed by atoms with E-state index in [1.165, 1.54) is 11.1 Å². The first kappa shape index (κ1) is 15.6. The van der Waals surface area contributed by atoms with E-state index in [0.29, 0.717) is 18.0 Å². The van der Waals surface area contributed by atoms with Crippen LogP contribution in [0.25, 0.3) is 0 Å². The van der Waals surface area contributed by atoms with Crippen LogP contribution in [0.1, 0.15) is 22.3 Å². The van der Waals surface area contributed by atoms with Gasteiger partial charge in [0.15, 0.2) is 0 Å². The third-order valence-electron chi connectivity index (χ3n) is 3.69. The molecule has 0 aromatic heterocycles. The van der Waals surface area contributed by atoms with Gasteiger partial charge in [-0.05, 0) is 48.2 Å². The van der Waals surface area contributed by atoms with Gasteiger partial charge in [-0.1, -0.05) is 41.9 Å². The van der Waals surface area contributed by atoms with Crippen molar-refractivity contribution in [2.45, 2.75) is 26.8 Å². The average Bonchev–Trinajstić information content (AvgIpc) is 2.45. The zero-order valence-electron chi connectivity index (χ0n) is 12.7. The molecule has 110 valence electrons. The zero-order chi connectivity index (χ0) is 15.4. The van der Waals surface area contributed by atoms with Crippen molar-refractivity contribution in [3.8, 4) is 0 Å². The Morgan fingerprint density at radius 1 is 1.00 bits per heavy atom. The Kier molecular flexibility index (Phi) is 5.03. The molecule has 0 saturated carbocycles. The number of aryl methyl sites for hydroxylation is 2. The Balaban J connectivity index is 1.98. The summed E-state index contributed by atoms with van der Waals surface area (Å²) in [5.74, 6) is 0.119. The van der Waals surface area contributed by atoms with Crippen LogP contribution in [0, 0.1) is 13.8 Å².